The van der Waals surface area contributed by atoms with E-state index in [9.17, 15) is 4.79 Å². The number of aromatic nitrogens is 2. The molecular formula is C24H21ClN4O2S. The number of carbonyl (C=O) groups is 1. The van der Waals surface area contributed by atoms with E-state index in [2.05, 4.69) is 27.2 Å². The first-order chi connectivity index (χ1) is 15.7. The maximum atomic E-state index is 12.9. The fraction of sp³-hybridized carbons (Fsp3) is 0.208. The van der Waals surface area contributed by atoms with Gasteiger partial charge in [0.15, 0.2) is 11.5 Å². The SMILES string of the molecule is O=C(c1cc(-c2ccncc2)on1)N1CCN(Cc2ccc(-c3ccccc3Cl)s2)CC1. The van der Waals surface area contributed by atoms with Crippen LogP contribution < -0.4 is 0 Å². The Balaban J connectivity index is 1.18. The minimum atomic E-state index is -0.0918. The van der Waals surface area contributed by atoms with Gasteiger partial charge in [-0.05, 0) is 30.3 Å². The van der Waals surface area contributed by atoms with Crippen molar-refractivity contribution in [2.75, 3.05) is 26.2 Å². The van der Waals surface area contributed by atoms with E-state index in [0.29, 0.717) is 24.5 Å². The molecule has 1 aromatic carbocycles. The van der Waals surface area contributed by atoms with Gasteiger partial charge < -0.3 is 9.42 Å². The number of pyridine rings is 1. The molecule has 1 fully saturated rings. The lowest BCUT2D eigenvalue weighted by Crippen LogP contribution is -2.48. The van der Waals surface area contributed by atoms with Gasteiger partial charge in [0, 0.05) is 77.1 Å². The molecular weight excluding hydrogens is 444 g/mol. The number of thiophene rings is 1. The van der Waals surface area contributed by atoms with Crippen LogP contribution in [0.1, 0.15) is 15.4 Å². The van der Waals surface area contributed by atoms with Crippen LogP contribution in [0.2, 0.25) is 5.02 Å². The van der Waals surface area contributed by atoms with Crippen LogP contribution in [0.4, 0.5) is 0 Å². The van der Waals surface area contributed by atoms with E-state index in [1.54, 1.807) is 29.8 Å². The summed E-state index contributed by atoms with van der Waals surface area (Å²) in [5.74, 6) is 0.479. The van der Waals surface area contributed by atoms with Crippen molar-refractivity contribution >= 4 is 28.8 Å². The van der Waals surface area contributed by atoms with Gasteiger partial charge in [-0.2, -0.15) is 0 Å². The van der Waals surface area contributed by atoms with Crippen LogP contribution in [-0.4, -0.2) is 52.0 Å². The summed E-state index contributed by atoms with van der Waals surface area (Å²) in [7, 11) is 0. The van der Waals surface area contributed by atoms with E-state index in [4.69, 9.17) is 16.1 Å². The number of carbonyl (C=O) groups excluding carboxylic acids is 1. The maximum absolute atomic E-state index is 12.9. The molecule has 0 N–H and O–H groups in total. The second kappa shape index (κ2) is 9.24. The van der Waals surface area contributed by atoms with Crippen LogP contribution in [0.3, 0.4) is 0 Å². The maximum Gasteiger partial charge on any atom is 0.276 e. The standard InChI is InChI=1S/C24H21ClN4O2S/c25-20-4-2-1-3-19(20)23-6-5-18(32-23)16-28-11-13-29(14-12-28)24(30)21-15-22(31-27-21)17-7-9-26-10-8-17/h1-10,15H,11-14,16H2. The van der Waals surface area contributed by atoms with Crippen LogP contribution in [0.5, 0.6) is 0 Å². The molecule has 162 valence electrons. The van der Waals surface area contributed by atoms with Crippen LogP contribution in [0.15, 0.2) is 71.5 Å². The highest BCUT2D eigenvalue weighted by Gasteiger charge is 2.25. The van der Waals surface area contributed by atoms with E-state index in [1.165, 1.54) is 9.75 Å². The largest absolute Gasteiger partial charge is 0.355 e. The first-order valence-electron chi connectivity index (χ1n) is 10.4. The van der Waals surface area contributed by atoms with Crippen molar-refractivity contribution in [3.63, 3.8) is 0 Å². The molecule has 1 saturated heterocycles. The summed E-state index contributed by atoms with van der Waals surface area (Å²) in [6.07, 6.45) is 3.37. The van der Waals surface area contributed by atoms with Crippen molar-refractivity contribution in [3.8, 4) is 21.8 Å². The Morgan fingerprint density at radius 3 is 2.59 bits per heavy atom. The van der Waals surface area contributed by atoms with Crippen molar-refractivity contribution in [3.05, 3.63) is 82.6 Å². The molecule has 4 heterocycles. The van der Waals surface area contributed by atoms with Gasteiger partial charge in [-0.25, -0.2) is 0 Å². The van der Waals surface area contributed by atoms with Gasteiger partial charge in [-0.1, -0.05) is 35.0 Å². The molecule has 5 rings (SSSR count). The number of hydrogen-bond acceptors (Lipinski definition) is 6. The van der Waals surface area contributed by atoms with E-state index < -0.39 is 0 Å². The lowest BCUT2D eigenvalue weighted by Gasteiger charge is -2.34. The zero-order chi connectivity index (χ0) is 21.9. The van der Waals surface area contributed by atoms with Crippen LogP contribution in [0.25, 0.3) is 21.8 Å². The van der Waals surface area contributed by atoms with E-state index >= 15 is 0 Å². The van der Waals surface area contributed by atoms with Crippen LogP contribution in [0, 0.1) is 0 Å². The average molecular weight is 465 g/mol. The highest BCUT2D eigenvalue weighted by molar-refractivity contribution is 7.15. The van der Waals surface area contributed by atoms with Crippen molar-refractivity contribution in [1.82, 2.24) is 19.9 Å². The second-order valence-electron chi connectivity index (χ2n) is 7.63. The molecule has 0 radical (unpaired) electrons. The normalized spacial score (nSPS) is 14.6. The van der Waals surface area contributed by atoms with Gasteiger partial charge >= 0.3 is 0 Å². The van der Waals surface area contributed by atoms with Gasteiger partial charge in [0.1, 0.15) is 0 Å². The molecule has 8 heteroatoms. The average Bonchev–Trinajstić information content (AvgIpc) is 3.50. The molecule has 1 amide bonds. The summed E-state index contributed by atoms with van der Waals surface area (Å²) in [6.45, 7) is 3.84. The van der Waals surface area contributed by atoms with Crippen molar-refractivity contribution < 1.29 is 9.32 Å². The summed E-state index contributed by atoms with van der Waals surface area (Å²) in [5.41, 5.74) is 2.26. The van der Waals surface area contributed by atoms with Crippen LogP contribution >= 0.6 is 22.9 Å². The van der Waals surface area contributed by atoms with Crippen LogP contribution in [-0.2, 0) is 6.54 Å². The van der Waals surface area contributed by atoms with Crippen molar-refractivity contribution in [1.29, 1.82) is 0 Å². The zero-order valence-corrected chi connectivity index (χ0v) is 18.9. The molecule has 1 aliphatic heterocycles. The Morgan fingerprint density at radius 2 is 1.81 bits per heavy atom. The predicted octanol–water partition coefficient (Wildman–Crippen LogP) is 5.08. The number of piperazine rings is 1. The molecule has 0 aliphatic carbocycles. The summed E-state index contributed by atoms with van der Waals surface area (Å²) in [6, 6.07) is 17.6. The number of halogens is 1. The Kier molecular flexibility index (Phi) is 6.03. The summed E-state index contributed by atoms with van der Waals surface area (Å²) in [4.78, 5) is 23.5. The highest BCUT2D eigenvalue weighted by Crippen LogP contribution is 2.33. The topological polar surface area (TPSA) is 62.5 Å². The fourth-order valence-electron chi connectivity index (χ4n) is 3.79. The summed E-state index contributed by atoms with van der Waals surface area (Å²) < 4.78 is 5.37. The number of nitrogens with zero attached hydrogens (tertiary/aromatic N) is 4. The molecule has 0 saturated carbocycles. The van der Waals surface area contributed by atoms with Gasteiger partial charge in [0.2, 0.25) is 0 Å². The van der Waals surface area contributed by atoms with Gasteiger partial charge in [-0.15, -0.1) is 11.3 Å². The quantitative estimate of drug-likeness (QED) is 0.412. The lowest BCUT2D eigenvalue weighted by atomic mass is 10.2. The number of benzene rings is 1. The molecule has 0 bridgehead atoms. The fourth-order valence-corrected chi connectivity index (χ4v) is 5.17. The van der Waals surface area contributed by atoms with Gasteiger partial charge in [0.05, 0.1) is 0 Å². The Morgan fingerprint density at radius 1 is 1.03 bits per heavy atom. The number of hydrogen-bond donors (Lipinski definition) is 0. The lowest BCUT2D eigenvalue weighted by molar-refractivity contribution is 0.0619. The number of amides is 1. The zero-order valence-electron chi connectivity index (χ0n) is 17.3. The minimum absolute atomic E-state index is 0.0918. The third-order valence-electron chi connectivity index (χ3n) is 5.53. The summed E-state index contributed by atoms with van der Waals surface area (Å²) >= 11 is 8.10. The first-order valence-corrected chi connectivity index (χ1v) is 11.6. The molecule has 6 nitrogen and oxygen atoms in total. The monoisotopic (exact) mass is 464 g/mol. The van der Waals surface area contributed by atoms with Crippen molar-refractivity contribution in [2.45, 2.75) is 6.54 Å². The number of rotatable bonds is 5. The highest BCUT2D eigenvalue weighted by atomic mass is 35.5. The molecule has 4 aromatic rings. The molecule has 0 unspecified atom stereocenters. The van der Waals surface area contributed by atoms with E-state index in [1.807, 2.05) is 41.3 Å². The second-order valence-corrected chi connectivity index (χ2v) is 9.20. The molecule has 32 heavy (non-hydrogen) atoms. The minimum Gasteiger partial charge on any atom is -0.355 e. The smallest absolute Gasteiger partial charge is 0.276 e. The Hall–Kier alpha value is -3.00. The van der Waals surface area contributed by atoms with E-state index in [-0.39, 0.29) is 5.91 Å². The van der Waals surface area contributed by atoms with Crippen molar-refractivity contribution in [2.24, 2.45) is 0 Å². The van der Waals surface area contributed by atoms with Gasteiger partial charge in [0.25, 0.3) is 5.91 Å². The Bertz CT molecular complexity index is 1220. The molecule has 1 aliphatic rings. The van der Waals surface area contributed by atoms with Gasteiger partial charge in [-0.3, -0.25) is 14.7 Å². The summed E-state index contributed by atoms with van der Waals surface area (Å²) in [5, 5.41) is 4.76. The molecule has 0 atom stereocenters. The molecule has 0 spiro atoms. The first kappa shape index (κ1) is 20.9. The van der Waals surface area contributed by atoms with E-state index in [0.717, 1.165) is 35.8 Å². The third kappa shape index (κ3) is 4.46. The third-order valence-corrected chi connectivity index (χ3v) is 6.97. The Labute approximate surface area is 195 Å². The molecule has 3 aromatic heterocycles. The predicted molar refractivity (Wildman–Crippen MR) is 126 cm³/mol.